The van der Waals surface area contributed by atoms with E-state index in [1.54, 1.807) is 12.1 Å². The standard InChI is InChI=1S/C18H20Cl2N4O2/c1-12-21-15(23-17-13(19)3-2-4-14(17)20)11-16(22-12)24-7-5-18(6-8-24)25-9-10-26-18/h2-4,11H,5-10H2,1H3,(H,21,22,23). The second-order valence-electron chi connectivity index (χ2n) is 6.47. The minimum Gasteiger partial charge on any atom is -0.356 e. The van der Waals surface area contributed by atoms with E-state index in [1.807, 2.05) is 19.1 Å². The predicted octanol–water partition coefficient (Wildman–Crippen LogP) is 4.18. The van der Waals surface area contributed by atoms with Gasteiger partial charge < -0.3 is 19.7 Å². The largest absolute Gasteiger partial charge is 0.356 e. The number of aryl methyl sites for hydroxylation is 1. The van der Waals surface area contributed by atoms with Gasteiger partial charge in [-0.3, -0.25) is 0 Å². The fourth-order valence-electron chi connectivity index (χ4n) is 3.39. The molecule has 0 amide bonds. The summed E-state index contributed by atoms with van der Waals surface area (Å²) in [6, 6.07) is 7.30. The van der Waals surface area contributed by atoms with E-state index >= 15 is 0 Å². The minimum atomic E-state index is -0.398. The second kappa shape index (κ2) is 7.19. The molecule has 0 aliphatic carbocycles. The molecule has 2 aliphatic rings. The summed E-state index contributed by atoms with van der Waals surface area (Å²) in [5, 5.41) is 4.31. The van der Waals surface area contributed by atoms with Gasteiger partial charge >= 0.3 is 0 Å². The lowest BCUT2D eigenvalue weighted by molar-refractivity contribution is -0.169. The van der Waals surface area contributed by atoms with Gasteiger partial charge in [-0.2, -0.15) is 0 Å². The van der Waals surface area contributed by atoms with Crippen LogP contribution in [0.4, 0.5) is 17.3 Å². The lowest BCUT2D eigenvalue weighted by Gasteiger charge is -2.38. The number of hydrogen-bond donors (Lipinski definition) is 1. The lowest BCUT2D eigenvalue weighted by atomic mass is 10.0. The molecule has 8 heteroatoms. The molecule has 1 spiro atoms. The summed E-state index contributed by atoms with van der Waals surface area (Å²) >= 11 is 12.5. The highest BCUT2D eigenvalue weighted by atomic mass is 35.5. The number of para-hydroxylation sites is 1. The third-order valence-electron chi connectivity index (χ3n) is 4.70. The van der Waals surface area contributed by atoms with Crippen molar-refractivity contribution in [3.8, 4) is 0 Å². The van der Waals surface area contributed by atoms with E-state index < -0.39 is 5.79 Å². The van der Waals surface area contributed by atoms with E-state index in [0.29, 0.717) is 40.6 Å². The van der Waals surface area contributed by atoms with E-state index in [1.165, 1.54) is 0 Å². The van der Waals surface area contributed by atoms with Crippen molar-refractivity contribution in [3.63, 3.8) is 0 Å². The van der Waals surface area contributed by atoms with E-state index in [9.17, 15) is 0 Å². The molecule has 26 heavy (non-hydrogen) atoms. The van der Waals surface area contributed by atoms with Crippen LogP contribution in [-0.4, -0.2) is 42.1 Å². The van der Waals surface area contributed by atoms with Gasteiger partial charge in [0.15, 0.2) is 5.79 Å². The van der Waals surface area contributed by atoms with Gasteiger partial charge in [0.2, 0.25) is 0 Å². The van der Waals surface area contributed by atoms with Crippen LogP contribution in [0.3, 0.4) is 0 Å². The Morgan fingerprint density at radius 1 is 1.08 bits per heavy atom. The fraction of sp³-hybridized carbons (Fsp3) is 0.444. The van der Waals surface area contributed by atoms with Crippen LogP contribution >= 0.6 is 23.2 Å². The molecule has 2 saturated heterocycles. The summed E-state index contributed by atoms with van der Waals surface area (Å²) in [5.74, 6) is 1.82. The molecule has 4 rings (SSSR count). The number of ether oxygens (including phenoxy) is 2. The van der Waals surface area contributed by atoms with E-state index in [-0.39, 0.29) is 0 Å². The van der Waals surface area contributed by atoms with Crippen molar-refractivity contribution >= 4 is 40.5 Å². The number of halogens is 2. The van der Waals surface area contributed by atoms with Crippen molar-refractivity contribution in [1.29, 1.82) is 0 Å². The Morgan fingerprint density at radius 3 is 2.38 bits per heavy atom. The van der Waals surface area contributed by atoms with Crippen LogP contribution in [0.25, 0.3) is 0 Å². The number of piperidine rings is 1. The van der Waals surface area contributed by atoms with Gasteiger partial charge in [-0.25, -0.2) is 9.97 Å². The number of hydrogen-bond acceptors (Lipinski definition) is 6. The van der Waals surface area contributed by atoms with Gasteiger partial charge in [0, 0.05) is 32.0 Å². The Labute approximate surface area is 162 Å². The molecule has 0 saturated carbocycles. The molecule has 3 heterocycles. The maximum Gasteiger partial charge on any atom is 0.171 e. The maximum atomic E-state index is 6.25. The van der Waals surface area contributed by atoms with Crippen molar-refractivity contribution in [2.45, 2.75) is 25.6 Å². The van der Waals surface area contributed by atoms with E-state index in [0.717, 1.165) is 31.7 Å². The van der Waals surface area contributed by atoms with Crippen molar-refractivity contribution < 1.29 is 9.47 Å². The number of nitrogens with one attached hydrogen (secondary N) is 1. The highest BCUT2D eigenvalue weighted by Gasteiger charge is 2.40. The average molecular weight is 395 g/mol. The number of benzene rings is 1. The molecule has 0 bridgehead atoms. The molecule has 1 N–H and O–H groups in total. The van der Waals surface area contributed by atoms with Crippen LogP contribution in [0.5, 0.6) is 0 Å². The fourth-order valence-corrected chi connectivity index (χ4v) is 3.88. The maximum absolute atomic E-state index is 6.25. The van der Waals surface area contributed by atoms with Crippen LogP contribution < -0.4 is 10.2 Å². The minimum absolute atomic E-state index is 0.398. The first-order chi connectivity index (χ1) is 12.5. The molecule has 0 unspecified atom stereocenters. The molecule has 0 radical (unpaired) electrons. The molecular weight excluding hydrogens is 375 g/mol. The monoisotopic (exact) mass is 394 g/mol. The zero-order chi connectivity index (χ0) is 18.1. The molecule has 0 atom stereocenters. The summed E-state index contributed by atoms with van der Waals surface area (Å²) in [5.41, 5.74) is 0.644. The predicted molar refractivity (Wildman–Crippen MR) is 103 cm³/mol. The SMILES string of the molecule is Cc1nc(Nc2c(Cl)cccc2Cl)cc(N2CCC3(CC2)OCCO3)n1. The molecule has 2 aliphatic heterocycles. The van der Waals surface area contributed by atoms with Crippen molar-refractivity contribution in [3.05, 3.63) is 40.1 Å². The molecule has 6 nitrogen and oxygen atoms in total. The van der Waals surface area contributed by atoms with Gasteiger partial charge in [-0.1, -0.05) is 29.3 Å². The summed E-state index contributed by atoms with van der Waals surface area (Å²) in [7, 11) is 0. The number of nitrogens with zero attached hydrogens (tertiary/aromatic N) is 3. The van der Waals surface area contributed by atoms with Crippen LogP contribution in [0.1, 0.15) is 18.7 Å². The lowest BCUT2D eigenvalue weighted by Crippen LogP contribution is -2.45. The summed E-state index contributed by atoms with van der Waals surface area (Å²) in [6.45, 7) is 4.88. The summed E-state index contributed by atoms with van der Waals surface area (Å²) < 4.78 is 11.6. The van der Waals surface area contributed by atoms with Crippen LogP contribution in [0.15, 0.2) is 24.3 Å². The Bertz CT molecular complexity index is 782. The zero-order valence-corrected chi connectivity index (χ0v) is 16.0. The molecule has 2 aromatic rings. The van der Waals surface area contributed by atoms with E-state index in [4.69, 9.17) is 32.7 Å². The highest BCUT2D eigenvalue weighted by molar-refractivity contribution is 6.39. The first-order valence-electron chi connectivity index (χ1n) is 8.64. The van der Waals surface area contributed by atoms with Gasteiger partial charge in [0.25, 0.3) is 0 Å². The topological polar surface area (TPSA) is 59.5 Å². The van der Waals surface area contributed by atoms with Crippen molar-refractivity contribution in [2.75, 3.05) is 36.5 Å². The van der Waals surface area contributed by atoms with E-state index in [2.05, 4.69) is 20.2 Å². The summed E-state index contributed by atoms with van der Waals surface area (Å²) in [4.78, 5) is 11.3. The smallest absolute Gasteiger partial charge is 0.171 e. The number of anilines is 3. The van der Waals surface area contributed by atoms with Crippen LogP contribution in [0, 0.1) is 6.92 Å². The molecule has 2 fully saturated rings. The Morgan fingerprint density at radius 2 is 1.73 bits per heavy atom. The first-order valence-corrected chi connectivity index (χ1v) is 9.40. The molecular formula is C18H20Cl2N4O2. The third-order valence-corrected chi connectivity index (χ3v) is 5.33. The molecule has 138 valence electrons. The molecule has 1 aromatic heterocycles. The third kappa shape index (κ3) is 3.60. The number of aromatic nitrogens is 2. The number of rotatable bonds is 3. The van der Waals surface area contributed by atoms with Crippen LogP contribution in [0.2, 0.25) is 10.0 Å². The van der Waals surface area contributed by atoms with Gasteiger partial charge in [0.05, 0.1) is 28.9 Å². The Balaban J connectivity index is 1.53. The Hall–Kier alpha value is -1.60. The molecule has 1 aromatic carbocycles. The summed E-state index contributed by atoms with van der Waals surface area (Å²) in [6.07, 6.45) is 1.66. The van der Waals surface area contributed by atoms with Gasteiger partial charge in [0.1, 0.15) is 17.5 Å². The zero-order valence-electron chi connectivity index (χ0n) is 14.5. The van der Waals surface area contributed by atoms with Gasteiger partial charge in [-0.05, 0) is 19.1 Å². The quantitative estimate of drug-likeness (QED) is 0.842. The first kappa shape index (κ1) is 17.8. The van der Waals surface area contributed by atoms with Crippen molar-refractivity contribution in [2.24, 2.45) is 0 Å². The van der Waals surface area contributed by atoms with Crippen molar-refractivity contribution in [1.82, 2.24) is 9.97 Å². The van der Waals surface area contributed by atoms with Gasteiger partial charge in [-0.15, -0.1) is 0 Å². The highest BCUT2D eigenvalue weighted by Crippen LogP contribution is 2.35. The Kier molecular flexibility index (Phi) is 4.92. The second-order valence-corrected chi connectivity index (χ2v) is 7.29. The van der Waals surface area contributed by atoms with Crippen LogP contribution in [-0.2, 0) is 9.47 Å². The normalized spacial score (nSPS) is 19.1. The average Bonchev–Trinajstić information content (AvgIpc) is 3.06.